The molecule has 2 aromatic rings. The van der Waals surface area contributed by atoms with Gasteiger partial charge in [0.25, 0.3) is 0 Å². The van der Waals surface area contributed by atoms with Crippen LogP contribution in [0, 0.1) is 0 Å². The number of carbonyl (C=O) groups excluding carboxylic acids is 2. The molecule has 0 saturated carbocycles. The molecule has 0 N–H and O–H groups in total. The second-order valence-corrected chi connectivity index (χ2v) is 4.37. The molecule has 0 bridgehead atoms. The largest absolute Gasteiger partial charge is 0.465 e. The predicted octanol–water partition coefficient (Wildman–Crippen LogP) is 2.47. The van der Waals surface area contributed by atoms with Crippen molar-refractivity contribution >= 4 is 33.4 Å². The van der Waals surface area contributed by atoms with Gasteiger partial charge in [0.1, 0.15) is 4.88 Å². The molecule has 0 spiro atoms. The monoisotopic (exact) mass is 250 g/mol. The van der Waals surface area contributed by atoms with Crippen molar-refractivity contribution in [3.05, 3.63) is 34.7 Å². The molecule has 1 heterocycles. The number of hydrogen-bond acceptors (Lipinski definition) is 5. The number of hydrogen-bond donors (Lipinski definition) is 0. The number of benzene rings is 1. The van der Waals surface area contributed by atoms with E-state index in [0.29, 0.717) is 10.4 Å². The summed E-state index contributed by atoms with van der Waals surface area (Å²) in [5.74, 6) is -0.809. The van der Waals surface area contributed by atoms with E-state index in [0.717, 1.165) is 10.1 Å². The normalized spacial score (nSPS) is 10.2. The predicted molar refractivity (Wildman–Crippen MR) is 64.5 cm³/mol. The van der Waals surface area contributed by atoms with Gasteiger partial charge in [0.05, 0.1) is 19.8 Å². The van der Waals surface area contributed by atoms with E-state index in [2.05, 4.69) is 4.74 Å². The number of methoxy groups -OCH3 is 2. The quantitative estimate of drug-likeness (QED) is 0.768. The minimum Gasteiger partial charge on any atom is -0.465 e. The third kappa shape index (κ3) is 2.01. The Morgan fingerprint density at radius 3 is 2.47 bits per heavy atom. The minimum absolute atomic E-state index is 0.401. The Hall–Kier alpha value is -1.88. The van der Waals surface area contributed by atoms with Gasteiger partial charge in [-0.1, -0.05) is 12.1 Å². The van der Waals surface area contributed by atoms with Gasteiger partial charge in [-0.25, -0.2) is 9.59 Å². The van der Waals surface area contributed by atoms with Gasteiger partial charge >= 0.3 is 11.9 Å². The number of fused-ring (bicyclic) bond motifs is 1. The fraction of sp³-hybridized carbons (Fsp3) is 0.167. The summed E-state index contributed by atoms with van der Waals surface area (Å²) in [5.41, 5.74) is 0.463. The standard InChI is InChI=1S/C12H10O4S/c1-15-11(13)8-5-3-4-7-6-9(12(14)16-2)17-10(7)8/h3-6H,1-2H3. The molecule has 2 rings (SSSR count). The van der Waals surface area contributed by atoms with Crippen LogP contribution in [0.5, 0.6) is 0 Å². The van der Waals surface area contributed by atoms with Crippen molar-refractivity contribution in [2.45, 2.75) is 0 Å². The maximum absolute atomic E-state index is 11.5. The van der Waals surface area contributed by atoms with Crippen LogP contribution in [-0.4, -0.2) is 26.2 Å². The molecule has 4 nitrogen and oxygen atoms in total. The van der Waals surface area contributed by atoms with Crippen LogP contribution in [0.2, 0.25) is 0 Å². The van der Waals surface area contributed by atoms with E-state index in [1.807, 2.05) is 6.07 Å². The van der Waals surface area contributed by atoms with Crippen LogP contribution in [0.25, 0.3) is 10.1 Å². The number of thiophene rings is 1. The van der Waals surface area contributed by atoms with Gasteiger partial charge < -0.3 is 9.47 Å². The fourth-order valence-electron chi connectivity index (χ4n) is 1.53. The topological polar surface area (TPSA) is 52.6 Å². The molecule has 1 aromatic heterocycles. The van der Waals surface area contributed by atoms with Gasteiger partial charge in [0.2, 0.25) is 0 Å². The lowest BCUT2D eigenvalue weighted by atomic mass is 10.1. The van der Waals surface area contributed by atoms with E-state index in [-0.39, 0.29) is 0 Å². The molecule has 0 aliphatic heterocycles. The molecule has 0 radical (unpaired) electrons. The van der Waals surface area contributed by atoms with Crippen LogP contribution in [0.15, 0.2) is 24.3 Å². The van der Waals surface area contributed by atoms with Crippen molar-refractivity contribution in [1.29, 1.82) is 0 Å². The highest BCUT2D eigenvalue weighted by Crippen LogP contribution is 2.29. The average molecular weight is 250 g/mol. The molecule has 0 aliphatic rings. The Morgan fingerprint density at radius 2 is 1.82 bits per heavy atom. The molecule has 17 heavy (non-hydrogen) atoms. The lowest BCUT2D eigenvalue weighted by Crippen LogP contribution is -2.00. The van der Waals surface area contributed by atoms with E-state index >= 15 is 0 Å². The zero-order valence-corrected chi connectivity index (χ0v) is 10.2. The lowest BCUT2D eigenvalue weighted by Gasteiger charge is -1.99. The van der Waals surface area contributed by atoms with E-state index in [1.165, 1.54) is 25.6 Å². The summed E-state index contributed by atoms with van der Waals surface area (Å²) in [4.78, 5) is 23.4. The Morgan fingerprint density at radius 1 is 1.12 bits per heavy atom. The highest BCUT2D eigenvalue weighted by Gasteiger charge is 2.16. The van der Waals surface area contributed by atoms with Crippen molar-refractivity contribution in [2.24, 2.45) is 0 Å². The fourth-order valence-corrected chi connectivity index (χ4v) is 2.61. The van der Waals surface area contributed by atoms with E-state index in [1.54, 1.807) is 18.2 Å². The first-order valence-electron chi connectivity index (χ1n) is 4.86. The van der Waals surface area contributed by atoms with Crippen LogP contribution >= 0.6 is 11.3 Å². The highest BCUT2D eigenvalue weighted by atomic mass is 32.1. The summed E-state index contributed by atoms with van der Waals surface area (Å²) in [5, 5.41) is 0.832. The smallest absolute Gasteiger partial charge is 0.348 e. The molecule has 0 aliphatic carbocycles. The minimum atomic E-state index is -0.408. The molecule has 0 saturated heterocycles. The molecular formula is C12H10O4S. The first-order valence-corrected chi connectivity index (χ1v) is 5.68. The van der Waals surface area contributed by atoms with Crippen LogP contribution < -0.4 is 0 Å². The van der Waals surface area contributed by atoms with Gasteiger partial charge in [-0.2, -0.15) is 0 Å². The van der Waals surface area contributed by atoms with Gasteiger partial charge in [-0.15, -0.1) is 11.3 Å². The second-order valence-electron chi connectivity index (χ2n) is 3.32. The van der Waals surface area contributed by atoms with Crippen molar-refractivity contribution < 1.29 is 19.1 Å². The summed E-state index contributed by atoms with van der Waals surface area (Å²) in [6, 6.07) is 6.97. The number of ether oxygens (including phenoxy) is 2. The van der Waals surface area contributed by atoms with Crippen molar-refractivity contribution in [3.63, 3.8) is 0 Å². The van der Waals surface area contributed by atoms with Crippen LogP contribution in [0.4, 0.5) is 0 Å². The molecule has 0 fully saturated rings. The number of carbonyl (C=O) groups is 2. The Bertz CT molecular complexity index is 585. The van der Waals surface area contributed by atoms with Crippen molar-refractivity contribution in [2.75, 3.05) is 14.2 Å². The molecular weight excluding hydrogens is 240 g/mol. The molecule has 5 heteroatoms. The average Bonchev–Trinajstić information content (AvgIpc) is 2.80. The SMILES string of the molecule is COC(=O)c1cc2cccc(C(=O)OC)c2s1. The van der Waals surface area contributed by atoms with Crippen molar-refractivity contribution in [3.8, 4) is 0 Å². The van der Waals surface area contributed by atoms with Crippen molar-refractivity contribution in [1.82, 2.24) is 0 Å². The first-order chi connectivity index (χ1) is 8.17. The maximum Gasteiger partial charge on any atom is 0.348 e. The zero-order chi connectivity index (χ0) is 12.4. The Labute approximate surface area is 102 Å². The Kier molecular flexibility index (Phi) is 3.10. The summed E-state index contributed by atoms with van der Waals surface area (Å²) >= 11 is 1.22. The number of esters is 2. The van der Waals surface area contributed by atoms with Gasteiger partial charge in [-0.3, -0.25) is 0 Å². The molecule has 1 aromatic carbocycles. The van der Waals surface area contributed by atoms with Gasteiger partial charge in [0, 0.05) is 4.70 Å². The maximum atomic E-state index is 11.5. The third-order valence-electron chi connectivity index (χ3n) is 2.34. The number of rotatable bonds is 2. The van der Waals surface area contributed by atoms with Gasteiger partial charge in [0.15, 0.2) is 0 Å². The summed E-state index contributed by atoms with van der Waals surface area (Å²) < 4.78 is 10.1. The van der Waals surface area contributed by atoms with E-state index < -0.39 is 11.9 Å². The van der Waals surface area contributed by atoms with E-state index in [9.17, 15) is 9.59 Å². The second kappa shape index (κ2) is 4.55. The summed E-state index contributed by atoms with van der Waals surface area (Å²) in [6.45, 7) is 0. The summed E-state index contributed by atoms with van der Waals surface area (Å²) in [7, 11) is 2.66. The Balaban J connectivity index is 2.60. The third-order valence-corrected chi connectivity index (χ3v) is 3.50. The highest BCUT2D eigenvalue weighted by molar-refractivity contribution is 7.21. The molecule has 0 atom stereocenters. The van der Waals surface area contributed by atoms with Crippen LogP contribution in [-0.2, 0) is 9.47 Å². The lowest BCUT2D eigenvalue weighted by molar-refractivity contribution is 0.0595. The molecule has 0 amide bonds. The zero-order valence-electron chi connectivity index (χ0n) is 9.35. The molecule has 0 unspecified atom stereocenters. The van der Waals surface area contributed by atoms with Gasteiger partial charge in [-0.05, 0) is 17.5 Å². The molecule has 88 valence electrons. The van der Waals surface area contributed by atoms with Crippen LogP contribution in [0.1, 0.15) is 20.0 Å². The van der Waals surface area contributed by atoms with E-state index in [4.69, 9.17) is 4.74 Å². The van der Waals surface area contributed by atoms with Crippen LogP contribution in [0.3, 0.4) is 0 Å². The first kappa shape index (κ1) is 11.6. The summed E-state index contributed by atoms with van der Waals surface area (Å²) in [6.07, 6.45) is 0.